The maximum atomic E-state index is 12.0. The van der Waals surface area contributed by atoms with E-state index in [4.69, 9.17) is 5.73 Å². The van der Waals surface area contributed by atoms with Gasteiger partial charge in [0.05, 0.1) is 0 Å². The molecule has 0 bridgehead atoms. The van der Waals surface area contributed by atoms with E-state index in [1.165, 1.54) is 0 Å². The summed E-state index contributed by atoms with van der Waals surface area (Å²) in [7, 11) is -3.53. The summed E-state index contributed by atoms with van der Waals surface area (Å²) >= 11 is 0. The molecule has 2 N–H and O–H groups in total. The third kappa shape index (κ3) is 2.79. The van der Waals surface area contributed by atoms with Crippen LogP contribution in [0.5, 0.6) is 0 Å². The molecule has 0 amide bonds. The van der Waals surface area contributed by atoms with Gasteiger partial charge in [-0.15, -0.1) is 4.40 Å². The number of benzene rings is 1. The van der Waals surface area contributed by atoms with Crippen molar-refractivity contribution in [3.05, 3.63) is 29.8 Å². The SMILES string of the molecule is CCCN(CCCN)C1=NS(=O)(=O)c2ccccc21. The van der Waals surface area contributed by atoms with E-state index < -0.39 is 10.0 Å². The predicted molar refractivity (Wildman–Crippen MR) is 75.7 cm³/mol. The number of hydrogen-bond acceptors (Lipinski definition) is 4. The van der Waals surface area contributed by atoms with Crippen molar-refractivity contribution < 1.29 is 8.42 Å². The van der Waals surface area contributed by atoms with Crippen molar-refractivity contribution in [3.8, 4) is 0 Å². The van der Waals surface area contributed by atoms with Gasteiger partial charge in [0, 0.05) is 18.7 Å². The highest BCUT2D eigenvalue weighted by Gasteiger charge is 2.30. The zero-order valence-electron chi connectivity index (χ0n) is 11.0. The summed E-state index contributed by atoms with van der Waals surface area (Å²) < 4.78 is 27.9. The second kappa shape index (κ2) is 5.71. The maximum Gasteiger partial charge on any atom is 0.285 e. The molecule has 0 aliphatic carbocycles. The van der Waals surface area contributed by atoms with E-state index in [1.54, 1.807) is 12.1 Å². The molecular weight excluding hydrogens is 262 g/mol. The molecule has 5 nitrogen and oxygen atoms in total. The van der Waals surface area contributed by atoms with Crippen LogP contribution in [0.15, 0.2) is 33.6 Å². The first kappa shape index (κ1) is 14.0. The molecule has 19 heavy (non-hydrogen) atoms. The van der Waals surface area contributed by atoms with Crippen LogP contribution in [0.3, 0.4) is 0 Å². The molecular formula is C13H19N3O2S. The van der Waals surface area contributed by atoms with Gasteiger partial charge in [-0.2, -0.15) is 8.42 Å². The highest BCUT2D eigenvalue weighted by molar-refractivity contribution is 7.90. The first-order valence-corrected chi connectivity index (χ1v) is 7.93. The molecule has 1 aromatic carbocycles. The standard InChI is InChI=1S/C13H19N3O2S/c1-2-9-16(10-5-8-14)13-11-6-3-4-7-12(11)19(17,18)15-13/h3-4,6-7H,2,5,8-10,14H2,1H3. The molecule has 1 aliphatic rings. The van der Waals surface area contributed by atoms with Gasteiger partial charge in [0.2, 0.25) is 0 Å². The average molecular weight is 281 g/mol. The first-order chi connectivity index (χ1) is 9.10. The molecule has 0 spiro atoms. The van der Waals surface area contributed by atoms with Crippen LogP contribution in [-0.2, 0) is 10.0 Å². The van der Waals surface area contributed by atoms with Gasteiger partial charge in [-0.05, 0) is 31.5 Å². The molecule has 0 saturated heterocycles. The molecule has 0 saturated carbocycles. The molecule has 1 aromatic rings. The lowest BCUT2D eigenvalue weighted by Crippen LogP contribution is -2.33. The van der Waals surface area contributed by atoms with Crippen LogP contribution in [0, 0.1) is 0 Å². The zero-order valence-corrected chi connectivity index (χ0v) is 11.9. The van der Waals surface area contributed by atoms with E-state index in [-0.39, 0.29) is 0 Å². The van der Waals surface area contributed by atoms with Crippen molar-refractivity contribution in [3.63, 3.8) is 0 Å². The van der Waals surface area contributed by atoms with E-state index in [0.29, 0.717) is 22.8 Å². The number of fused-ring (bicyclic) bond motifs is 1. The van der Waals surface area contributed by atoms with Crippen LogP contribution in [0.4, 0.5) is 0 Å². The molecule has 2 rings (SSSR count). The van der Waals surface area contributed by atoms with Crippen molar-refractivity contribution in [1.82, 2.24) is 4.90 Å². The normalized spacial score (nSPS) is 16.0. The Balaban J connectivity index is 2.38. The lowest BCUT2D eigenvalue weighted by molar-refractivity contribution is 0.413. The average Bonchev–Trinajstić information content (AvgIpc) is 2.67. The Labute approximate surface area is 114 Å². The minimum Gasteiger partial charge on any atom is -0.355 e. The number of sulfonamides is 1. The van der Waals surface area contributed by atoms with Gasteiger partial charge in [0.15, 0.2) is 5.84 Å². The summed E-state index contributed by atoms with van der Waals surface area (Å²) in [6, 6.07) is 6.97. The van der Waals surface area contributed by atoms with Crippen LogP contribution in [0.1, 0.15) is 25.3 Å². The minimum absolute atomic E-state index is 0.304. The zero-order chi connectivity index (χ0) is 13.9. The largest absolute Gasteiger partial charge is 0.355 e. The molecule has 0 fully saturated rings. The van der Waals surface area contributed by atoms with Crippen LogP contribution >= 0.6 is 0 Å². The number of amidine groups is 1. The molecule has 0 unspecified atom stereocenters. The Morgan fingerprint density at radius 2 is 2.00 bits per heavy atom. The van der Waals surface area contributed by atoms with Crippen LogP contribution in [-0.4, -0.2) is 38.8 Å². The van der Waals surface area contributed by atoms with Crippen LogP contribution < -0.4 is 5.73 Å². The summed E-state index contributed by atoms with van der Waals surface area (Å²) in [5, 5.41) is 0. The Bertz CT molecular complexity index is 581. The second-order valence-electron chi connectivity index (χ2n) is 4.52. The Hall–Kier alpha value is -1.40. The quantitative estimate of drug-likeness (QED) is 0.880. The van der Waals surface area contributed by atoms with Crippen LogP contribution in [0.2, 0.25) is 0 Å². The highest BCUT2D eigenvalue weighted by atomic mass is 32.2. The van der Waals surface area contributed by atoms with E-state index in [9.17, 15) is 8.42 Å². The Morgan fingerprint density at radius 1 is 1.26 bits per heavy atom. The predicted octanol–water partition coefficient (Wildman–Crippen LogP) is 1.20. The fourth-order valence-corrected chi connectivity index (χ4v) is 3.42. The third-order valence-electron chi connectivity index (χ3n) is 3.04. The number of nitrogens with two attached hydrogens (primary N) is 1. The summed E-state index contributed by atoms with van der Waals surface area (Å²) in [5.74, 6) is 0.561. The molecule has 1 aliphatic heterocycles. The lowest BCUT2D eigenvalue weighted by atomic mass is 10.1. The second-order valence-corrected chi connectivity index (χ2v) is 6.09. The van der Waals surface area contributed by atoms with Crippen molar-refractivity contribution in [1.29, 1.82) is 0 Å². The van der Waals surface area contributed by atoms with Crippen molar-refractivity contribution in [2.24, 2.45) is 10.1 Å². The summed E-state index contributed by atoms with van der Waals surface area (Å²) in [6.07, 6.45) is 1.76. The lowest BCUT2D eigenvalue weighted by Gasteiger charge is -2.23. The number of rotatable bonds is 5. The topological polar surface area (TPSA) is 75.8 Å². The summed E-state index contributed by atoms with van der Waals surface area (Å²) in [4.78, 5) is 2.31. The molecule has 0 radical (unpaired) electrons. The third-order valence-corrected chi connectivity index (χ3v) is 4.36. The first-order valence-electron chi connectivity index (χ1n) is 6.49. The van der Waals surface area contributed by atoms with Crippen molar-refractivity contribution >= 4 is 15.9 Å². The van der Waals surface area contributed by atoms with Crippen molar-refractivity contribution in [2.45, 2.75) is 24.7 Å². The van der Waals surface area contributed by atoms with E-state index in [2.05, 4.69) is 11.3 Å². The van der Waals surface area contributed by atoms with Gasteiger partial charge in [0.1, 0.15) is 4.90 Å². The van der Waals surface area contributed by atoms with Gasteiger partial charge in [0.25, 0.3) is 10.0 Å². The summed E-state index contributed by atoms with van der Waals surface area (Å²) in [5.41, 5.74) is 6.24. The smallest absolute Gasteiger partial charge is 0.285 e. The molecule has 6 heteroatoms. The van der Waals surface area contributed by atoms with Gasteiger partial charge >= 0.3 is 0 Å². The molecule has 0 aromatic heterocycles. The highest BCUT2D eigenvalue weighted by Crippen LogP contribution is 2.27. The number of nitrogens with zero attached hydrogens (tertiary/aromatic N) is 2. The van der Waals surface area contributed by atoms with E-state index >= 15 is 0 Å². The number of hydrogen-bond donors (Lipinski definition) is 1. The van der Waals surface area contributed by atoms with Gasteiger partial charge in [-0.1, -0.05) is 19.1 Å². The Morgan fingerprint density at radius 3 is 2.68 bits per heavy atom. The monoisotopic (exact) mass is 281 g/mol. The molecule has 1 heterocycles. The Kier molecular flexibility index (Phi) is 4.21. The van der Waals surface area contributed by atoms with E-state index in [0.717, 1.165) is 25.9 Å². The van der Waals surface area contributed by atoms with Gasteiger partial charge < -0.3 is 10.6 Å². The summed E-state index contributed by atoms with van der Waals surface area (Å²) in [6.45, 7) is 4.16. The van der Waals surface area contributed by atoms with Crippen LogP contribution in [0.25, 0.3) is 0 Å². The van der Waals surface area contributed by atoms with Crippen molar-refractivity contribution in [2.75, 3.05) is 19.6 Å². The fourth-order valence-electron chi connectivity index (χ4n) is 2.19. The fraction of sp³-hybridized carbons (Fsp3) is 0.462. The van der Waals surface area contributed by atoms with Gasteiger partial charge in [-0.25, -0.2) is 0 Å². The van der Waals surface area contributed by atoms with Gasteiger partial charge in [-0.3, -0.25) is 0 Å². The maximum absolute atomic E-state index is 12.0. The molecule has 104 valence electrons. The van der Waals surface area contributed by atoms with E-state index in [1.807, 2.05) is 17.0 Å². The molecule has 0 atom stereocenters. The minimum atomic E-state index is -3.53.